The van der Waals surface area contributed by atoms with Gasteiger partial charge in [-0.3, -0.25) is 4.79 Å². The standard InChI is InChI=1S/C20H24N2O3/c1-3-24-18-12-10-17(14-19(18)25-4-2)15-21-22-20(23)13-11-16-8-6-5-7-9-16/h5-10,12,14-15H,3-4,11,13H2,1-2H3,(H,22,23)/b21-15-. The van der Waals surface area contributed by atoms with Gasteiger partial charge < -0.3 is 9.47 Å². The molecule has 0 bridgehead atoms. The zero-order chi connectivity index (χ0) is 17.9. The molecule has 5 heteroatoms. The van der Waals surface area contributed by atoms with Gasteiger partial charge in [0.25, 0.3) is 0 Å². The minimum atomic E-state index is -0.115. The number of nitrogens with zero attached hydrogens (tertiary/aromatic N) is 1. The van der Waals surface area contributed by atoms with Crippen LogP contribution in [0.4, 0.5) is 0 Å². The second-order valence-electron chi connectivity index (χ2n) is 5.35. The minimum absolute atomic E-state index is 0.115. The number of aryl methyl sites for hydroxylation is 1. The fraction of sp³-hybridized carbons (Fsp3) is 0.300. The monoisotopic (exact) mass is 340 g/mol. The Hall–Kier alpha value is -2.82. The molecule has 1 N–H and O–H groups in total. The molecule has 0 heterocycles. The van der Waals surface area contributed by atoms with Crippen LogP contribution in [-0.4, -0.2) is 25.3 Å². The first-order valence-corrected chi connectivity index (χ1v) is 8.48. The van der Waals surface area contributed by atoms with Crippen LogP contribution in [0.2, 0.25) is 0 Å². The lowest BCUT2D eigenvalue weighted by Gasteiger charge is -2.11. The lowest BCUT2D eigenvalue weighted by Crippen LogP contribution is -2.17. The molecule has 0 aliphatic heterocycles. The van der Waals surface area contributed by atoms with Crippen LogP contribution in [0.5, 0.6) is 11.5 Å². The molecule has 0 saturated heterocycles. The van der Waals surface area contributed by atoms with Gasteiger partial charge >= 0.3 is 0 Å². The topological polar surface area (TPSA) is 59.9 Å². The molecule has 0 radical (unpaired) electrons. The maximum absolute atomic E-state index is 11.8. The largest absolute Gasteiger partial charge is 0.490 e. The Morgan fingerprint density at radius 2 is 1.76 bits per heavy atom. The van der Waals surface area contributed by atoms with Gasteiger partial charge in [-0.2, -0.15) is 5.10 Å². The van der Waals surface area contributed by atoms with E-state index in [0.717, 1.165) is 11.1 Å². The number of hydrogen-bond acceptors (Lipinski definition) is 4. The lowest BCUT2D eigenvalue weighted by molar-refractivity contribution is -0.121. The first-order chi connectivity index (χ1) is 12.2. The van der Waals surface area contributed by atoms with Crippen molar-refractivity contribution in [2.75, 3.05) is 13.2 Å². The molecule has 0 aromatic heterocycles. The molecule has 25 heavy (non-hydrogen) atoms. The van der Waals surface area contributed by atoms with Crippen molar-refractivity contribution in [3.63, 3.8) is 0 Å². The summed E-state index contributed by atoms with van der Waals surface area (Å²) in [7, 11) is 0. The Kier molecular flexibility index (Phi) is 7.50. The van der Waals surface area contributed by atoms with E-state index in [2.05, 4.69) is 10.5 Å². The number of amides is 1. The van der Waals surface area contributed by atoms with Crippen LogP contribution in [0.1, 0.15) is 31.4 Å². The molecular formula is C20H24N2O3. The third-order valence-corrected chi connectivity index (χ3v) is 3.45. The normalized spacial score (nSPS) is 10.6. The van der Waals surface area contributed by atoms with E-state index in [1.54, 1.807) is 6.21 Å². The lowest BCUT2D eigenvalue weighted by atomic mass is 10.1. The molecule has 0 fully saturated rings. The van der Waals surface area contributed by atoms with Gasteiger partial charge in [0.05, 0.1) is 19.4 Å². The van der Waals surface area contributed by atoms with Crippen LogP contribution >= 0.6 is 0 Å². The van der Waals surface area contributed by atoms with Gasteiger partial charge in [0.1, 0.15) is 0 Å². The van der Waals surface area contributed by atoms with Crippen molar-refractivity contribution >= 4 is 12.1 Å². The van der Waals surface area contributed by atoms with Crippen molar-refractivity contribution in [1.29, 1.82) is 0 Å². The summed E-state index contributed by atoms with van der Waals surface area (Å²) in [5.41, 5.74) is 4.51. The highest BCUT2D eigenvalue weighted by Gasteiger charge is 2.05. The summed E-state index contributed by atoms with van der Waals surface area (Å²) in [4.78, 5) is 11.8. The summed E-state index contributed by atoms with van der Waals surface area (Å²) < 4.78 is 11.1. The Bertz CT molecular complexity index is 699. The summed E-state index contributed by atoms with van der Waals surface area (Å²) in [5, 5.41) is 4.01. The van der Waals surface area contributed by atoms with Crippen LogP contribution in [0, 0.1) is 0 Å². The van der Waals surface area contributed by atoms with E-state index in [0.29, 0.717) is 37.6 Å². The fourth-order valence-electron chi connectivity index (χ4n) is 2.29. The number of carbonyl (C=O) groups is 1. The first kappa shape index (κ1) is 18.5. The van der Waals surface area contributed by atoms with E-state index in [-0.39, 0.29) is 5.91 Å². The van der Waals surface area contributed by atoms with Crippen LogP contribution in [-0.2, 0) is 11.2 Å². The minimum Gasteiger partial charge on any atom is -0.490 e. The number of rotatable bonds is 9. The van der Waals surface area contributed by atoms with E-state index in [9.17, 15) is 4.79 Å². The molecule has 0 aliphatic rings. The van der Waals surface area contributed by atoms with E-state index in [4.69, 9.17) is 9.47 Å². The Balaban J connectivity index is 1.88. The van der Waals surface area contributed by atoms with Crippen molar-refractivity contribution in [2.24, 2.45) is 5.10 Å². The fourth-order valence-corrected chi connectivity index (χ4v) is 2.29. The van der Waals surface area contributed by atoms with Gasteiger partial charge in [-0.25, -0.2) is 5.43 Å². The highest BCUT2D eigenvalue weighted by Crippen LogP contribution is 2.27. The van der Waals surface area contributed by atoms with Gasteiger partial charge in [0.2, 0.25) is 5.91 Å². The zero-order valence-corrected chi connectivity index (χ0v) is 14.7. The van der Waals surface area contributed by atoms with E-state index in [1.165, 1.54) is 0 Å². The van der Waals surface area contributed by atoms with Crippen LogP contribution in [0.25, 0.3) is 0 Å². The van der Waals surface area contributed by atoms with Gasteiger partial charge in [-0.15, -0.1) is 0 Å². The Labute approximate surface area is 148 Å². The highest BCUT2D eigenvalue weighted by atomic mass is 16.5. The molecule has 5 nitrogen and oxygen atoms in total. The number of carbonyl (C=O) groups excluding carboxylic acids is 1. The van der Waals surface area contributed by atoms with E-state index >= 15 is 0 Å². The van der Waals surface area contributed by atoms with Crippen molar-refractivity contribution in [3.8, 4) is 11.5 Å². The Morgan fingerprint density at radius 1 is 1.04 bits per heavy atom. The number of hydrazone groups is 1. The predicted molar refractivity (Wildman–Crippen MR) is 99.3 cm³/mol. The summed E-state index contributed by atoms with van der Waals surface area (Å²) in [6.45, 7) is 4.97. The van der Waals surface area contributed by atoms with Crippen molar-refractivity contribution in [1.82, 2.24) is 5.43 Å². The third kappa shape index (κ3) is 6.30. The summed E-state index contributed by atoms with van der Waals surface area (Å²) >= 11 is 0. The third-order valence-electron chi connectivity index (χ3n) is 3.45. The van der Waals surface area contributed by atoms with E-state index in [1.807, 2.05) is 62.4 Å². The molecule has 132 valence electrons. The maximum Gasteiger partial charge on any atom is 0.240 e. The maximum atomic E-state index is 11.8. The molecule has 0 spiro atoms. The first-order valence-electron chi connectivity index (χ1n) is 8.48. The molecule has 0 unspecified atom stereocenters. The summed E-state index contributed by atoms with van der Waals surface area (Å²) in [6, 6.07) is 15.5. The quantitative estimate of drug-likeness (QED) is 0.561. The molecule has 2 aromatic carbocycles. The van der Waals surface area contributed by atoms with E-state index < -0.39 is 0 Å². The summed E-state index contributed by atoms with van der Waals surface area (Å²) in [6.07, 6.45) is 2.69. The van der Waals surface area contributed by atoms with Crippen LogP contribution in [0.15, 0.2) is 53.6 Å². The molecule has 2 rings (SSSR count). The Morgan fingerprint density at radius 3 is 2.48 bits per heavy atom. The van der Waals surface area contributed by atoms with Crippen LogP contribution < -0.4 is 14.9 Å². The number of hydrogen-bond donors (Lipinski definition) is 1. The highest BCUT2D eigenvalue weighted by molar-refractivity contribution is 5.83. The molecule has 0 aliphatic carbocycles. The van der Waals surface area contributed by atoms with Crippen molar-refractivity contribution < 1.29 is 14.3 Å². The zero-order valence-electron chi connectivity index (χ0n) is 14.7. The van der Waals surface area contributed by atoms with Gasteiger partial charge in [0, 0.05) is 6.42 Å². The SMILES string of the molecule is CCOc1ccc(/C=N\NC(=O)CCc2ccccc2)cc1OCC. The summed E-state index contributed by atoms with van der Waals surface area (Å²) in [5.74, 6) is 1.26. The second-order valence-corrected chi connectivity index (χ2v) is 5.35. The average Bonchev–Trinajstić information content (AvgIpc) is 2.63. The van der Waals surface area contributed by atoms with Crippen LogP contribution in [0.3, 0.4) is 0 Å². The number of nitrogens with one attached hydrogen (secondary N) is 1. The average molecular weight is 340 g/mol. The van der Waals surface area contributed by atoms with Crippen molar-refractivity contribution in [2.45, 2.75) is 26.7 Å². The molecule has 1 amide bonds. The predicted octanol–water partition coefficient (Wildman–Crippen LogP) is 3.57. The van der Waals surface area contributed by atoms with Gasteiger partial charge in [0.15, 0.2) is 11.5 Å². The van der Waals surface area contributed by atoms with Crippen molar-refractivity contribution in [3.05, 3.63) is 59.7 Å². The number of benzene rings is 2. The number of ether oxygens (including phenoxy) is 2. The van der Waals surface area contributed by atoms with Gasteiger partial charge in [-0.05, 0) is 49.6 Å². The molecule has 0 saturated carbocycles. The molecule has 0 atom stereocenters. The second kappa shape index (κ2) is 10.1. The smallest absolute Gasteiger partial charge is 0.240 e. The molecular weight excluding hydrogens is 316 g/mol. The van der Waals surface area contributed by atoms with Gasteiger partial charge in [-0.1, -0.05) is 30.3 Å². The molecule has 2 aromatic rings.